The van der Waals surface area contributed by atoms with Gasteiger partial charge >= 0.3 is 11.9 Å². The van der Waals surface area contributed by atoms with Crippen LogP contribution in [0.25, 0.3) is 0 Å². The summed E-state index contributed by atoms with van der Waals surface area (Å²) in [6.07, 6.45) is -0.939. The number of carbonyl (C=O) groups excluding carboxylic acids is 2. The maximum Gasteiger partial charge on any atom is 0.326 e. The number of likely N-dealkylation sites (tertiary alicyclic amines) is 1. The number of carboxylic acids is 1. The van der Waals surface area contributed by atoms with E-state index in [-0.39, 0.29) is 13.0 Å². The summed E-state index contributed by atoms with van der Waals surface area (Å²) in [4.78, 5) is 37.7. The normalized spacial score (nSPS) is 23.5. The SMILES string of the molecule is CC(C)(C)OC(=O)C(C(=O)N1C[C@H](O)C[C@H]1C(=O)O)C(C)(C)C. The van der Waals surface area contributed by atoms with E-state index in [0.29, 0.717) is 0 Å². The third-order valence-electron chi connectivity index (χ3n) is 3.60. The number of aliphatic hydroxyl groups is 1. The summed E-state index contributed by atoms with van der Waals surface area (Å²) in [5.74, 6) is -3.61. The number of β-amino-alcohol motifs (C(OH)–C–C–N with tert-alkyl or cyclic N) is 1. The number of ether oxygens (including phenoxy) is 1. The van der Waals surface area contributed by atoms with E-state index in [1.54, 1.807) is 41.5 Å². The minimum absolute atomic E-state index is 0.0355. The second kappa shape index (κ2) is 6.47. The van der Waals surface area contributed by atoms with Gasteiger partial charge in [0, 0.05) is 13.0 Å². The van der Waals surface area contributed by atoms with Crippen LogP contribution < -0.4 is 0 Å². The van der Waals surface area contributed by atoms with Crippen molar-refractivity contribution in [3.63, 3.8) is 0 Å². The van der Waals surface area contributed by atoms with Crippen LogP contribution in [0.2, 0.25) is 0 Å². The molecule has 0 saturated carbocycles. The highest BCUT2D eigenvalue weighted by molar-refractivity contribution is 6.00. The van der Waals surface area contributed by atoms with Crippen molar-refractivity contribution >= 4 is 17.8 Å². The van der Waals surface area contributed by atoms with Crippen molar-refractivity contribution in [2.75, 3.05) is 6.54 Å². The van der Waals surface area contributed by atoms with Gasteiger partial charge in [0.15, 0.2) is 0 Å². The average molecular weight is 329 g/mol. The highest BCUT2D eigenvalue weighted by Gasteiger charge is 2.48. The Hall–Kier alpha value is -1.63. The highest BCUT2D eigenvalue weighted by Crippen LogP contribution is 2.32. The van der Waals surface area contributed by atoms with Gasteiger partial charge in [0.2, 0.25) is 5.91 Å². The Bertz CT molecular complexity index is 488. The molecule has 132 valence electrons. The first-order chi connectivity index (χ1) is 10.2. The van der Waals surface area contributed by atoms with Crippen LogP contribution in [0.15, 0.2) is 0 Å². The molecule has 7 nitrogen and oxygen atoms in total. The molecule has 0 spiro atoms. The summed E-state index contributed by atoms with van der Waals surface area (Å²) in [7, 11) is 0. The number of hydrogen-bond donors (Lipinski definition) is 2. The predicted molar refractivity (Wildman–Crippen MR) is 82.6 cm³/mol. The average Bonchev–Trinajstić information content (AvgIpc) is 2.66. The Morgan fingerprint density at radius 1 is 1.13 bits per heavy atom. The van der Waals surface area contributed by atoms with Gasteiger partial charge in [0.05, 0.1) is 6.10 Å². The molecule has 0 aromatic rings. The van der Waals surface area contributed by atoms with Crippen molar-refractivity contribution in [2.24, 2.45) is 11.3 Å². The number of rotatable bonds is 3. The molecule has 7 heteroatoms. The van der Waals surface area contributed by atoms with Crippen LogP contribution in [0.3, 0.4) is 0 Å². The largest absolute Gasteiger partial charge is 0.480 e. The number of aliphatic hydroxyl groups excluding tert-OH is 1. The van der Waals surface area contributed by atoms with E-state index in [1.165, 1.54) is 0 Å². The van der Waals surface area contributed by atoms with E-state index in [2.05, 4.69) is 0 Å². The van der Waals surface area contributed by atoms with E-state index in [9.17, 15) is 24.6 Å². The van der Waals surface area contributed by atoms with Gasteiger partial charge in [-0.2, -0.15) is 0 Å². The van der Waals surface area contributed by atoms with E-state index >= 15 is 0 Å². The van der Waals surface area contributed by atoms with Crippen LogP contribution in [0.1, 0.15) is 48.0 Å². The van der Waals surface area contributed by atoms with Crippen molar-refractivity contribution in [3.8, 4) is 0 Å². The minimum atomic E-state index is -1.19. The second-order valence-electron chi connectivity index (χ2n) is 8.07. The standard InChI is InChI=1S/C16H27NO6/c1-15(2,3)11(14(22)23-16(4,5)6)12(19)17-8-9(18)7-10(17)13(20)21/h9-11,18H,7-8H2,1-6H3,(H,20,21)/t9-,10+,11?/m1/s1. The lowest BCUT2D eigenvalue weighted by Crippen LogP contribution is -2.50. The van der Waals surface area contributed by atoms with Crippen LogP contribution in [0, 0.1) is 11.3 Å². The Morgan fingerprint density at radius 3 is 2.04 bits per heavy atom. The minimum Gasteiger partial charge on any atom is -0.480 e. The van der Waals surface area contributed by atoms with E-state index in [1.807, 2.05) is 0 Å². The van der Waals surface area contributed by atoms with Crippen molar-refractivity contribution in [1.82, 2.24) is 4.90 Å². The summed E-state index contributed by atoms with van der Waals surface area (Å²) in [5.41, 5.74) is -1.49. The maximum atomic E-state index is 12.8. The summed E-state index contributed by atoms with van der Waals surface area (Å²) in [6, 6.07) is -1.12. The van der Waals surface area contributed by atoms with Crippen LogP contribution >= 0.6 is 0 Å². The Kier molecular flexibility index (Phi) is 5.46. The molecule has 1 aliphatic rings. The number of carbonyl (C=O) groups is 3. The predicted octanol–water partition coefficient (Wildman–Crippen LogP) is 1.04. The topological polar surface area (TPSA) is 104 Å². The van der Waals surface area contributed by atoms with Gasteiger partial charge in [-0.25, -0.2) is 4.79 Å². The van der Waals surface area contributed by atoms with Gasteiger partial charge in [-0.3, -0.25) is 9.59 Å². The summed E-state index contributed by atoms with van der Waals surface area (Å²) in [5, 5.41) is 18.9. The fourth-order valence-electron chi connectivity index (χ4n) is 2.64. The third-order valence-corrected chi connectivity index (χ3v) is 3.60. The zero-order valence-corrected chi connectivity index (χ0v) is 14.6. The fraction of sp³-hybridized carbons (Fsp3) is 0.812. The van der Waals surface area contributed by atoms with Crippen molar-refractivity contribution in [3.05, 3.63) is 0 Å². The first-order valence-electron chi connectivity index (χ1n) is 7.68. The number of nitrogens with zero attached hydrogens (tertiary/aromatic N) is 1. The molecule has 1 unspecified atom stereocenters. The molecule has 1 rings (SSSR count). The Balaban J connectivity index is 3.10. The lowest BCUT2D eigenvalue weighted by atomic mass is 9.79. The maximum absolute atomic E-state index is 12.8. The molecule has 23 heavy (non-hydrogen) atoms. The van der Waals surface area contributed by atoms with Crippen LogP contribution in [0.4, 0.5) is 0 Å². The fourth-order valence-corrected chi connectivity index (χ4v) is 2.64. The highest BCUT2D eigenvalue weighted by atomic mass is 16.6. The zero-order chi connectivity index (χ0) is 18.2. The van der Waals surface area contributed by atoms with E-state index < -0.39 is 46.9 Å². The Labute approximate surface area is 136 Å². The molecule has 1 aliphatic heterocycles. The molecule has 0 aromatic carbocycles. The number of hydrogen-bond acceptors (Lipinski definition) is 5. The molecule has 0 aromatic heterocycles. The van der Waals surface area contributed by atoms with Crippen molar-refractivity contribution in [1.29, 1.82) is 0 Å². The molecule has 1 amide bonds. The van der Waals surface area contributed by atoms with Gasteiger partial charge < -0.3 is 19.8 Å². The number of esters is 1. The molecule has 3 atom stereocenters. The Morgan fingerprint density at radius 2 is 1.65 bits per heavy atom. The lowest BCUT2D eigenvalue weighted by Gasteiger charge is -2.34. The molecule has 1 saturated heterocycles. The molecule has 1 fully saturated rings. The van der Waals surface area contributed by atoms with Gasteiger partial charge in [0.1, 0.15) is 17.6 Å². The van der Waals surface area contributed by atoms with Gasteiger partial charge in [-0.1, -0.05) is 20.8 Å². The summed E-state index contributed by atoms with van der Waals surface area (Å²) in [6.45, 7) is 10.2. The van der Waals surface area contributed by atoms with E-state index in [0.717, 1.165) is 4.90 Å². The van der Waals surface area contributed by atoms with Crippen molar-refractivity contribution in [2.45, 2.75) is 65.7 Å². The third kappa shape index (κ3) is 4.92. The van der Waals surface area contributed by atoms with Crippen molar-refractivity contribution < 1.29 is 29.3 Å². The van der Waals surface area contributed by atoms with Crippen LogP contribution in [0.5, 0.6) is 0 Å². The lowest BCUT2D eigenvalue weighted by molar-refractivity contribution is -0.171. The van der Waals surface area contributed by atoms with E-state index in [4.69, 9.17) is 4.74 Å². The summed E-state index contributed by atoms with van der Waals surface area (Å²) < 4.78 is 5.33. The van der Waals surface area contributed by atoms with Crippen LogP contribution in [-0.4, -0.2) is 57.3 Å². The molecule has 0 radical (unpaired) electrons. The van der Waals surface area contributed by atoms with Gasteiger partial charge in [0.25, 0.3) is 0 Å². The van der Waals surface area contributed by atoms with Gasteiger partial charge in [-0.05, 0) is 26.2 Å². The molecular weight excluding hydrogens is 302 g/mol. The quantitative estimate of drug-likeness (QED) is 0.592. The second-order valence-corrected chi connectivity index (χ2v) is 8.07. The molecular formula is C16H27NO6. The first-order valence-corrected chi connectivity index (χ1v) is 7.68. The molecule has 0 aliphatic carbocycles. The number of carboxylic acid groups (broad SMARTS) is 1. The smallest absolute Gasteiger partial charge is 0.326 e. The zero-order valence-electron chi connectivity index (χ0n) is 14.6. The monoisotopic (exact) mass is 329 g/mol. The van der Waals surface area contributed by atoms with Gasteiger partial charge in [-0.15, -0.1) is 0 Å². The molecule has 0 bridgehead atoms. The number of aliphatic carboxylic acids is 1. The van der Waals surface area contributed by atoms with Crippen LogP contribution in [-0.2, 0) is 19.1 Å². The summed E-state index contributed by atoms with van der Waals surface area (Å²) >= 11 is 0. The number of amides is 1. The molecule has 2 N–H and O–H groups in total. The first kappa shape index (κ1) is 19.4. The molecule has 1 heterocycles.